The largest absolute Gasteiger partial charge is 0.303 e. The van der Waals surface area contributed by atoms with Crippen molar-refractivity contribution in [2.45, 2.75) is 32.9 Å². The fourth-order valence-corrected chi connectivity index (χ4v) is 2.18. The second-order valence-corrected chi connectivity index (χ2v) is 5.06. The highest BCUT2D eigenvalue weighted by Crippen LogP contribution is 2.09. The molecule has 20 heavy (non-hydrogen) atoms. The summed E-state index contributed by atoms with van der Waals surface area (Å²) in [5, 5.41) is 3.35. The Morgan fingerprint density at radius 2 is 1.70 bits per heavy atom. The molecule has 1 N–H and O–H groups in total. The molecule has 2 heteroatoms. The van der Waals surface area contributed by atoms with Gasteiger partial charge in [-0.3, -0.25) is 4.79 Å². The Morgan fingerprint density at radius 1 is 1.05 bits per heavy atom. The van der Waals surface area contributed by atoms with E-state index in [0.717, 1.165) is 18.5 Å². The minimum atomic E-state index is -0.127. The fraction of sp³-hybridized carbons (Fsp3) is 0.278. The highest BCUT2D eigenvalue weighted by Gasteiger charge is 2.17. The van der Waals surface area contributed by atoms with E-state index in [1.54, 1.807) is 0 Å². The summed E-state index contributed by atoms with van der Waals surface area (Å²) in [6.45, 7) is 4.78. The normalized spacial score (nSPS) is 12.1. The van der Waals surface area contributed by atoms with Gasteiger partial charge in [0.05, 0.1) is 6.04 Å². The number of rotatable bonds is 6. The van der Waals surface area contributed by atoms with Crippen LogP contribution in [0.2, 0.25) is 0 Å². The van der Waals surface area contributed by atoms with Crippen molar-refractivity contribution in [2.75, 3.05) is 0 Å². The number of benzene rings is 2. The third kappa shape index (κ3) is 3.78. The lowest BCUT2D eigenvalue weighted by Gasteiger charge is -2.16. The van der Waals surface area contributed by atoms with Crippen LogP contribution in [0.3, 0.4) is 0 Å². The molecule has 104 valence electrons. The Kier molecular flexibility index (Phi) is 5.08. The van der Waals surface area contributed by atoms with Gasteiger partial charge in [0.25, 0.3) is 0 Å². The third-order valence-electron chi connectivity index (χ3n) is 3.46. The Balaban J connectivity index is 2.00. The van der Waals surface area contributed by atoms with Crippen molar-refractivity contribution in [2.24, 2.45) is 0 Å². The van der Waals surface area contributed by atoms with Gasteiger partial charge >= 0.3 is 0 Å². The van der Waals surface area contributed by atoms with Crippen LogP contribution in [0.15, 0.2) is 54.6 Å². The van der Waals surface area contributed by atoms with Gasteiger partial charge in [-0.15, -0.1) is 0 Å². The second-order valence-electron chi connectivity index (χ2n) is 5.06. The quantitative estimate of drug-likeness (QED) is 0.808. The molecule has 0 aliphatic heterocycles. The summed E-state index contributed by atoms with van der Waals surface area (Å²) >= 11 is 0. The predicted molar refractivity (Wildman–Crippen MR) is 82.9 cm³/mol. The summed E-state index contributed by atoms with van der Waals surface area (Å²) < 4.78 is 0. The van der Waals surface area contributed by atoms with E-state index in [1.807, 2.05) is 56.3 Å². The molecule has 0 saturated heterocycles. The smallest absolute Gasteiger partial charge is 0.179 e. The first-order valence-corrected chi connectivity index (χ1v) is 7.09. The molecule has 0 aliphatic rings. The standard InChI is InChI=1S/C18H21NO/c1-3-17(19-13-15-7-5-4-6-8-15)18(20)16-11-9-14(2)10-12-16/h4-12,17,19H,3,13H2,1-2H3. The molecule has 0 aromatic heterocycles. The summed E-state index contributed by atoms with van der Waals surface area (Å²) in [5.74, 6) is 0.170. The Labute approximate surface area is 120 Å². The number of carbonyl (C=O) groups is 1. The maximum Gasteiger partial charge on any atom is 0.179 e. The molecule has 0 bridgehead atoms. The monoisotopic (exact) mass is 267 g/mol. The summed E-state index contributed by atoms with van der Waals surface area (Å²) in [7, 11) is 0. The Morgan fingerprint density at radius 3 is 2.30 bits per heavy atom. The molecule has 2 rings (SSSR count). The Hall–Kier alpha value is -1.93. The van der Waals surface area contributed by atoms with Gasteiger partial charge in [0.2, 0.25) is 0 Å². The van der Waals surface area contributed by atoms with Gasteiger partial charge in [-0.05, 0) is 18.9 Å². The minimum Gasteiger partial charge on any atom is -0.303 e. The number of Topliss-reactive ketones (excluding diaryl/α,β-unsaturated/α-hetero) is 1. The van der Waals surface area contributed by atoms with E-state index in [2.05, 4.69) is 17.4 Å². The average molecular weight is 267 g/mol. The lowest BCUT2D eigenvalue weighted by molar-refractivity contribution is 0.0939. The fourth-order valence-electron chi connectivity index (χ4n) is 2.18. The SMILES string of the molecule is CCC(NCc1ccccc1)C(=O)c1ccc(C)cc1. The van der Waals surface area contributed by atoms with Crippen LogP contribution >= 0.6 is 0 Å². The molecule has 0 fully saturated rings. The molecule has 0 saturated carbocycles. The van der Waals surface area contributed by atoms with E-state index in [-0.39, 0.29) is 11.8 Å². The van der Waals surface area contributed by atoms with Crippen molar-refractivity contribution in [3.05, 3.63) is 71.3 Å². The van der Waals surface area contributed by atoms with Crippen molar-refractivity contribution in [1.29, 1.82) is 0 Å². The number of nitrogens with one attached hydrogen (secondary N) is 1. The molecule has 0 aliphatic carbocycles. The van der Waals surface area contributed by atoms with Crippen LogP contribution in [0.25, 0.3) is 0 Å². The number of hydrogen-bond acceptors (Lipinski definition) is 2. The van der Waals surface area contributed by atoms with Crippen LogP contribution < -0.4 is 5.32 Å². The number of ketones is 1. The molecule has 2 aromatic carbocycles. The van der Waals surface area contributed by atoms with Crippen molar-refractivity contribution >= 4 is 5.78 Å². The van der Waals surface area contributed by atoms with E-state index < -0.39 is 0 Å². The van der Waals surface area contributed by atoms with Gasteiger partial charge in [-0.1, -0.05) is 67.1 Å². The molecule has 1 atom stereocenters. The Bertz CT molecular complexity index is 545. The second kappa shape index (κ2) is 7.01. The van der Waals surface area contributed by atoms with Crippen LogP contribution in [-0.4, -0.2) is 11.8 Å². The molecule has 2 aromatic rings. The van der Waals surface area contributed by atoms with Gasteiger partial charge in [-0.2, -0.15) is 0 Å². The molecular weight excluding hydrogens is 246 g/mol. The van der Waals surface area contributed by atoms with Gasteiger partial charge in [0, 0.05) is 12.1 Å². The molecule has 2 nitrogen and oxygen atoms in total. The van der Waals surface area contributed by atoms with Crippen molar-refractivity contribution in [1.82, 2.24) is 5.32 Å². The van der Waals surface area contributed by atoms with Crippen LogP contribution in [0.1, 0.15) is 34.8 Å². The molecule has 1 unspecified atom stereocenters. The van der Waals surface area contributed by atoms with Crippen molar-refractivity contribution in [3.8, 4) is 0 Å². The van der Waals surface area contributed by atoms with E-state index in [4.69, 9.17) is 0 Å². The topological polar surface area (TPSA) is 29.1 Å². The van der Waals surface area contributed by atoms with Gasteiger partial charge in [0.15, 0.2) is 5.78 Å². The zero-order valence-corrected chi connectivity index (χ0v) is 12.1. The van der Waals surface area contributed by atoms with Crippen molar-refractivity contribution < 1.29 is 4.79 Å². The van der Waals surface area contributed by atoms with Crippen LogP contribution in [0.5, 0.6) is 0 Å². The number of aryl methyl sites for hydroxylation is 1. The van der Waals surface area contributed by atoms with E-state index >= 15 is 0 Å². The molecular formula is C18H21NO. The summed E-state index contributed by atoms with van der Waals surface area (Å²) in [6.07, 6.45) is 0.791. The van der Waals surface area contributed by atoms with Crippen LogP contribution in [0.4, 0.5) is 0 Å². The number of hydrogen-bond donors (Lipinski definition) is 1. The van der Waals surface area contributed by atoms with E-state index in [9.17, 15) is 4.79 Å². The summed E-state index contributed by atoms with van der Waals surface area (Å²) in [4.78, 5) is 12.4. The predicted octanol–water partition coefficient (Wildman–Crippen LogP) is 3.75. The maximum atomic E-state index is 12.4. The maximum absolute atomic E-state index is 12.4. The van der Waals surface area contributed by atoms with Crippen LogP contribution in [-0.2, 0) is 6.54 Å². The molecule has 0 radical (unpaired) electrons. The van der Waals surface area contributed by atoms with E-state index in [1.165, 1.54) is 11.1 Å². The molecule has 0 spiro atoms. The first kappa shape index (κ1) is 14.5. The molecule has 0 heterocycles. The summed E-state index contributed by atoms with van der Waals surface area (Å²) in [5.41, 5.74) is 3.15. The van der Waals surface area contributed by atoms with Gasteiger partial charge < -0.3 is 5.32 Å². The first-order valence-electron chi connectivity index (χ1n) is 7.09. The van der Waals surface area contributed by atoms with Crippen LogP contribution in [0, 0.1) is 6.92 Å². The highest BCUT2D eigenvalue weighted by atomic mass is 16.1. The average Bonchev–Trinajstić information content (AvgIpc) is 2.49. The van der Waals surface area contributed by atoms with Crippen molar-refractivity contribution in [3.63, 3.8) is 0 Å². The zero-order chi connectivity index (χ0) is 14.4. The zero-order valence-electron chi connectivity index (χ0n) is 12.1. The number of carbonyl (C=O) groups excluding carboxylic acids is 1. The minimum absolute atomic E-state index is 0.127. The third-order valence-corrected chi connectivity index (χ3v) is 3.46. The van der Waals surface area contributed by atoms with Gasteiger partial charge in [0.1, 0.15) is 0 Å². The first-order chi connectivity index (χ1) is 9.70. The van der Waals surface area contributed by atoms with Gasteiger partial charge in [-0.25, -0.2) is 0 Å². The molecule has 0 amide bonds. The lowest BCUT2D eigenvalue weighted by Crippen LogP contribution is -2.35. The summed E-state index contributed by atoms with van der Waals surface area (Å²) in [6, 6.07) is 17.8. The van der Waals surface area contributed by atoms with E-state index in [0.29, 0.717) is 0 Å². The lowest BCUT2D eigenvalue weighted by atomic mass is 10.0. The highest BCUT2D eigenvalue weighted by molar-refractivity contribution is 6.00.